The number of amidine groups is 1. The van der Waals surface area contributed by atoms with Crippen LogP contribution in [0.25, 0.3) is 11.9 Å². The lowest BCUT2D eigenvalue weighted by Crippen LogP contribution is -2.58. The number of methoxy groups -OCH3 is 1. The van der Waals surface area contributed by atoms with Gasteiger partial charge in [0.2, 0.25) is 5.88 Å². The molecule has 1 aromatic heterocycles. The number of hydrogen-bond donors (Lipinski definition) is 1. The molecule has 3 heterocycles. The van der Waals surface area contributed by atoms with E-state index in [2.05, 4.69) is 15.0 Å². The van der Waals surface area contributed by atoms with Gasteiger partial charge in [0, 0.05) is 12.7 Å². The van der Waals surface area contributed by atoms with Crippen molar-refractivity contribution in [3.63, 3.8) is 0 Å². The Bertz CT molecular complexity index is 1320. The first kappa shape index (κ1) is 26.1. The molecule has 4 atom stereocenters. The topological polar surface area (TPSA) is 117 Å². The maximum Gasteiger partial charge on any atom is 0.232 e. The largest absolute Gasteiger partial charge is 0.474 e. The zero-order valence-corrected chi connectivity index (χ0v) is 20.9. The number of hydrogen-bond acceptors (Lipinski definition) is 8. The lowest BCUT2D eigenvalue weighted by atomic mass is 9.86. The third kappa shape index (κ3) is 4.15. The number of fused-ring (bicyclic) bond motifs is 2. The fourth-order valence-electron chi connectivity index (χ4n) is 4.69. The van der Waals surface area contributed by atoms with Crippen molar-refractivity contribution in [3.8, 4) is 5.88 Å². The molecule has 0 spiro atoms. The zero-order chi connectivity index (χ0) is 26.3. The monoisotopic (exact) mass is 524 g/mol. The number of aliphatic imine (C=N–C) groups is 1. The lowest BCUT2D eigenvalue weighted by Gasteiger charge is -2.39. The summed E-state index contributed by atoms with van der Waals surface area (Å²) in [5.41, 5.74) is 4.45. The van der Waals surface area contributed by atoms with Crippen molar-refractivity contribution in [1.82, 2.24) is 9.97 Å². The van der Waals surface area contributed by atoms with Crippen molar-refractivity contribution in [1.29, 1.82) is 0 Å². The Kier molecular flexibility index (Phi) is 6.86. The van der Waals surface area contributed by atoms with Crippen LogP contribution in [0.5, 0.6) is 5.88 Å². The van der Waals surface area contributed by atoms with E-state index in [9.17, 15) is 17.2 Å². The van der Waals surface area contributed by atoms with Gasteiger partial charge in [0.15, 0.2) is 20.4 Å². The van der Waals surface area contributed by atoms with Crippen molar-refractivity contribution in [2.45, 2.75) is 48.3 Å². The van der Waals surface area contributed by atoms with Crippen LogP contribution >= 0.6 is 0 Å². The first-order chi connectivity index (χ1) is 17.0. The Morgan fingerprint density at radius 1 is 1.33 bits per heavy atom. The summed E-state index contributed by atoms with van der Waals surface area (Å²) in [5.74, 6) is -1.65. The molecule has 2 N–H and O–H groups in total. The highest BCUT2D eigenvalue weighted by Gasteiger charge is 2.65. The molecule has 194 valence electrons. The molecule has 2 aliphatic heterocycles. The first-order valence-corrected chi connectivity index (χ1v) is 12.8. The maximum absolute atomic E-state index is 15.0. The van der Waals surface area contributed by atoms with Crippen LogP contribution in [0.1, 0.15) is 43.5 Å². The van der Waals surface area contributed by atoms with Crippen LogP contribution in [0.2, 0.25) is 0 Å². The number of sulfone groups is 1. The standard InChI is InChI=1S/C24H27F3N4O4S/c1-14(34-3)12-35-21-11-29-19(10-30-21)18(27)9-15-4-5-17(26)16(8-15)23(2)20-6-7-24(13-25,22(28)31-23)36(20,32)33/h4-5,8-11,14,20H,6-7,12-13H2,1-3H3,(H2,28,31)/b18-9-/t14?,20-,23+,24-/m0/s1. The van der Waals surface area contributed by atoms with Crippen molar-refractivity contribution in [2.24, 2.45) is 10.7 Å². The second kappa shape index (κ2) is 9.47. The minimum atomic E-state index is -4.08. The Labute approximate surface area is 207 Å². The van der Waals surface area contributed by atoms with Crippen LogP contribution in [0, 0.1) is 5.82 Å². The van der Waals surface area contributed by atoms with Gasteiger partial charge in [0.1, 0.15) is 36.2 Å². The fourth-order valence-corrected chi connectivity index (χ4v) is 7.33. The third-order valence-electron chi connectivity index (χ3n) is 6.96. The van der Waals surface area contributed by atoms with Gasteiger partial charge in [-0.3, -0.25) is 4.99 Å². The minimum absolute atomic E-state index is 0.0278. The average molecular weight is 525 g/mol. The van der Waals surface area contributed by atoms with E-state index < -0.39 is 43.7 Å². The first-order valence-electron chi connectivity index (χ1n) is 11.3. The Hall–Kier alpha value is -2.99. The number of halogens is 3. The molecule has 8 nitrogen and oxygen atoms in total. The van der Waals surface area contributed by atoms with Crippen LogP contribution in [0.15, 0.2) is 35.6 Å². The molecule has 1 unspecified atom stereocenters. The van der Waals surface area contributed by atoms with Gasteiger partial charge in [0.05, 0.1) is 23.7 Å². The molecule has 1 fully saturated rings. The summed E-state index contributed by atoms with van der Waals surface area (Å²) >= 11 is 0. The maximum atomic E-state index is 15.0. The number of aromatic nitrogens is 2. The van der Waals surface area contributed by atoms with Gasteiger partial charge < -0.3 is 15.2 Å². The van der Waals surface area contributed by atoms with Crippen LogP contribution < -0.4 is 10.5 Å². The molecule has 2 bridgehead atoms. The predicted octanol–water partition coefficient (Wildman–Crippen LogP) is 3.37. The van der Waals surface area contributed by atoms with Gasteiger partial charge in [-0.2, -0.15) is 0 Å². The molecular formula is C24H27F3N4O4S. The van der Waals surface area contributed by atoms with E-state index in [0.717, 1.165) is 12.1 Å². The molecule has 0 aliphatic carbocycles. The van der Waals surface area contributed by atoms with E-state index in [-0.39, 0.29) is 54.1 Å². The van der Waals surface area contributed by atoms with Crippen molar-refractivity contribution >= 4 is 27.6 Å². The van der Waals surface area contributed by atoms with Gasteiger partial charge in [-0.25, -0.2) is 31.6 Å². The molecule has 2 aromatic rings. The third-order valence-corrected chi connectivity index (χ3v) is 10.0. The van der Waals surface area contributed by atoms with Crippen LogP contribution in [0.3, 0.4) is 0 Å². The van der Waals surface area contributed by atoms with Crippen LogP contribution in [-0.4, -0.2) is 60.7 Å². The molecule has 12 heteroatoms. The summed E-state index contributed by atoms with van der Waals surface area (Å²) in [6.07, 6.45) is 3.47. The second-order valence-corrected chi connectivity index (χ2v) is 11.6. The Balaban J connectivity index is 1.65. The molecule has 1 saturated heterocycles. The summed E-state index contributed by atoms with van der Waals surface area (Å²) in [5, 5.41) is -1.16. The normalized spacial score (nSPS) is 28.0. The number of ether oxygens (including phenoxy) is 2. The summed E-state index contributed by atoms with van der Waals surface area (Å²) in [4.78, 5) is 12.3. The number of rotatable bonds is 8. The van der Waals surface area contributed by atoms with E-state index in [4.69, 9.17) is 15.2 Å². The molecule has 0 saturated carbocycles. The molecule has 36 heavy (non-hydrogen) atoms. The summed E-state index contributed by atoms with van der Waals surface area (Å²) in [7, 11) is -2.54. The number of nitrogens with two attached hydrogens (primary N) is 1. The molecule has 4 rings (SSSR count). The quantitative estimate of drug-likeness (QED) is 0.563. The van der Waals surface area contributed by atoms with Crippen LogP contribution in [0.4, 0.5) is 13.2 Å². The molecular weight excluding hydrogens is 497 g/mol. The minimum Gasteiger partial charge on any atom is -0.474 e. The molecule has 0 radical (unpaired) electrons. The molecule has 2 aliphatic rings. The van der Waals surface area contributed by atoms with E-state index in [0.29, 0.717) is 0 Å². The molecule has 0 amide bonds. The molecule has 1 aromatic carbocycles. The van der Waals surface area contributed by atoms with Crippen molar-refractivity contribution < 1.29 is 31.1 Å². The highest BCUT2D eigenvalue weighted by molar-refractivity contribution is 7.94. The fraction of sp³-hybridized carbons (Fsp3) is 0.458. The van der Waals surface area contributed by atoms with Crippen LogP contribution in [-0.2, 0) is 20.1 Å². The summed E-state index contributed by atoms with van der Waals surface area (Å²) in [6.45, 7) is 2.32. The van der Waals surface area contributed by atoms with E-state index in [1.165, 1.54) is 31.5 Å². The van der Waals surface area contributed by atoms with E-state index in [1.807, 2.05) is 6.92 Å². The van der Waals surface area contributed by atoms with Gasteiger partial charge in [0.25, 0.3) is 0 Å². The Morgan fingerprint density at radius 2 is 2.08 bits per heavy atom. The lowest BCUT2D eigenvalue weighted by molar-refractivity contribution is 0.0698. The van der Waals surface area contributed by atoms with Gasteiger partial charge >= 0.3 is 0 Å². The number of nitrogens with zero attached hydrogens (tertiary/aromatic N) is 3. The smallest absolute Gasteiger partial charge is 0.232 e. The number of alkyl halides is 1. The van der Waals surface area contributed by atoms with E-state index in [1.54, 1.807) is 7.11 Å². The average Bonchev–Trinajstić information content (AvgIpc) is 3.07. The van der Waals surface area contributed by atoms with Crippen molar-refractivity contribution in [3.05, 3.63) is 53.2 Å². The van der Waals surface area contributed by atoms with Gasteiger partial charge in [-0.1, -0.05) is 6.07 Å². The SMILES string of the molecule is COC(C)COc1cnc(/C(F)=C/c2ccc(F)c([C@@]3(C)N=C(N)[C@@]4(CF)CC[C@@H]3S4(=O)=O)c2)cn1. The van der Waals surface area contributed by atoms with Crippen molar-refractivity contribution in [2.75, 3.05) is 20.4 Å². The summed E-state index contributed by atoms with van der Waals surface area (Å²) in [6, 6.07) is 3.76. The number of benzene rings is 1. The van der Waals surface area contributed by atoms with Gasteiger partial charge in [-0.05, 0) is 50.5 Å². The second-order valence-electron chi connectivity index (χ2n) is 9.17. The predicted molar refractivity (Wildman–Crippen MR) is 129 cm³/mol. The van der Waals surface area contributed by atoms with Gasteiger partial charge in [-0.15, -0.1) is 0 Å². The highest BCUT2D eigenvalue weighted by atomic mass is 32.2. The Morgan fingerprint density at radius 3 is 2.72 bits per heavy atom. The van der Waals surface area contributed by atoms with E-state index >= 15 is 4.39 Å². The summed E-state index contributed by atoms with van der Waals surface area (Å²) < 4.78 is 78.8. The zero-order valence-electron chi connectivity index (χ0n) is 20.0. The highest BCUT2D eigenvalue weighted by Crippen LogP contribution is 2.51.